The minimum atomic E-state index is 0.125. The molecule has 0 amide bonds. The molecule has 55 valence electrons. The van der Waals surface area contributed by atoms with Crippen molar-refractivity contribution in [3.8, 4) is 0 Å². The van der Waals surface area contributed by atoms with E-state index in [1.165, 1.54) is 0 Å². The Kier molecular flexibility index (Phi) is 5.99. The summed E-state index contributed by atoms with van der Waals surface area (Å²) in [5.41, 5.74) is 0. The zero-order chi connectivity index (χ0) is 7.11. The summed E-state index contributed by atoms with van der Waals surface area (Å²) < 4.78 is 9.78. The van der Waals surface area contributed by atoms with Crippen molar-refractivity contribution in [1.82, 2.24) is 0 Å². The highest BCUT2D eigenvalue weighted by Crippen LogP contribution is 1.98. The summed E-state index contributed by atoms with van der Waals surface area (Å²) >= 11 is 0. The third kappa shape index (κ3) is 5.80. The Hall–Kier alpha value is -0.0800. The lowest BCUT2D eigenvalue weighted by molar-refractivity contribution is 0.114. The third-order valence-electron chi connectivity index (χ3n) is 1.21. The smallest absolute Gasteiger partial charge is 0.0573 e. The van der Waals surface area contributed by atoms with Crippen molar-refractivity contribution in [3.63, 3.8) is 0 Å². The first-order chi connectivity index (χ1) is 4.31. The van der Waals surface area contributed by atoms with E-state index in [0.717, 1.165) is 19.4 Å². The normalized spacial score (nSPS) is 13.7. The van der Waals surface area contributed by atoms with Crippen LogP contribution < -0.4 is 0 Å². The first-order valence-electron chi connectivity index (χ1n) is 3.16. The molecule has 0 saturated carbocycles. The van der Waals surface area contributed by atoms with Gasteiger partial charge >= 0.3 is 0 Å². The van der Waals surface area contributed by atoms with Crippen molar-refractivity contribution in [3.05, 3.63) is 6.92 Å². The molecule has 0 saturated heterocycles. The molecule has 0 N–H and O–H groups in total. The molecule has 0 bridgehead atoms. The maximum absolute atomic E-state index is 4.93. The first kappa shape index (κ1) is 8.92. The molecule has 1 radical (unpaired) electrons. The zero-order valence-corrected chi connectivity index (χ0v) is 6.22. The van der Waals surface area contributed by atoms with Gasteiger partial charge in [0.15, 0.2) is 0 Å². The second-order valence-corrected chi connectivity index (χ2v) is 1.99. The van der Waals surface area contributed by atoms with Crippen molar-refractivity contribution < 1.29 is 9.47 Å². The van der Waals surface area contributed by atoms with Gasteiger partial charge in [0.05, 0.1) is 6.10 Å². The Morgan fingerprint density at radius 3 is 2.56 bits per heavy atom. The fourth-order valence-electron chi connectivity index (χ4n) is 0.573. The van der Waals surface area contributed by atoms with Crippen LogP contribution in [-0.2, 0) is 9.47 Å². The quantitative estimate of drug-likeness (QED) is 0.523. The SMILES string of the molecule is [CH2]C(CCCOC)OC. The van der Waals surface area contributed by atoms with Crippen molar-refractivity contribution in [2.24, 2.45) is 0 Å². The van der Waals surface area contributed by atoms with Crippen molar-refractivity contribution in [2.45, 2.75) is 18.9 Å². The fourth-order valence-corrected chi connectivity index (χ4v) is 0.573. The predicted octanol–water partition coefficient (Wildman–Crippen LogP) is 1.26. The molecule has 1 unspecified atom stereocenters. The Morgan fingerprint density at radius 2 is 2.11 bits per heavy atom. The third-order valence-corrected chi connectivity index (χ3v) is 1.21. The van der Waals surface area contributed by atoms with E-state index >= 15 is 0 Å². The van der Waals surface area contributed by atoms with Crippen LogP contribution in [-0.4, -0.2) is 26.9 Å². The van der Waals surface area contributed by atoms with Crippen LogP contribution in [0.5, 0.6) is 0 Å². The van der Waals surface area contributed by atoms with Crippen LogP contribution >= 0.6 is 0 Å². The van der Waals surface area contributed by atoms with Gasteiger partial charge in [0.2, 0.25) is 0 Å². The van der Waals surface area contributed by atoms with Crippen LogP contribution in [0.3, 0.4) is 0 Å². The lowest BCUT2D eigenvalue weighted by Gasteiger charge is -2.06. The number of rotatable bonds is 5. The summed E-state index contributed by atoms with van der Waals surface area (Å²) in [6, 6.07) is 0. The van der Waals surface area contributed by atoms with Gasteiger partial charge in [-0.1, -0.05) is 0 Å². The van der Waals surface area contributed by atoms with Crippen molar-refractivity contribution in [1.29, 1.82) is 0 Å². The van der Waals surface area contributed by atoms with Crippen molar-refractivity contribution >= 4 is 0 Å². The molecule has 0 aliphatic heterocycles. The van der Waals surface area contributed by atoms with Crippen LogP contribution in [0.4, 0.5) is 0 Å². The Morgan fingerprint density at radius 1 is 1.44 bits per heavy atom. The van der Waals surface area contributed by atoms with E-state index in [1.54, 1.807) is 14.2 Å². The van der Waals surface area contributed by atoms with E-state index in [1.807, 2.05) is 0 Å². The van der Waals surface area contributed by atoms with Crippen molar-refractivity contribution in [2.75, 3.05) is 20.8 Å². The zero-order valence-electron chi connectivity index (χ0n) is 6.22. The molecule has 2 heteroatoms. The Balaban J connectivity index is 2.88. The van der Waals surface area contributed by atoms with Gasteiger partial charge in [0, 0.05) is 20.8 Å². The Labute approximate surface area is 57.2 Å². The monoisotopic (exact) mass is 131 g/mol. The molecule has 0 fully saturated rings. The van der Waals surface area contributed by atoms with Gasteiger partial charge in [-0.05, 0) is 19.8 Å². The molecule has 0 aliphatic rings. The largest absolute Gasteiger partial charge is 0.385 e. The second kappa shape index (κ2) is 6.05. The van der Waals surface area contributed by atoms with Crippen LogP contribution in [0.2, 0.25) is 0 Å². The van der Waals surface area contributed by atoms with E-state index in [0.29, 0.717) is 0 Å². The number of ether oxygens (including phenoxy) is 2. The molecule has 0 aromatic heterocycles. The van der Waals surface area contributed by atoms with Gasteiger partial charge in [0.1, 0.15) is 0 Å². The molecule has 0 rings (SSSR count). The number of hydrogen-bond acceptors (Lipinski definition) is 2. The molecule has 0 aromatic rings. The second-order valence-electron chi connectivity index (χ2n) is 1.99. The standard InChI is InChI=1S/C7H15O2/c1-7(9-3)5-4-6-8-2/h7H,1,4-6H2,2-3H3. The van der Waals surface area contributed by atoms with Gasteiger partial charge in [-0.15, -0.1) is 0 Å². The molecular formula is C7H15O2. The van der Waals surface area contributed by atoms with E-state index < -0.39 is 0 Å². The Bertz CT molecular complexity index is 54.9. The van der Waals surface area contributed by atoms with E-state index in [2.05, 4.69) is 6.92 Å². The van der Waals surface area contributed by atoms with E-state index in [9.17, 15) is 0 Å². The minimum Gasteiger partial charge on any atom is -0.385 e. The van der Waals surface area contributed by atoms with Gasteiger partial charge in [-0.25, -0.2) is 0 Å². The summed E-state index contributed by atoms with van der Waals surface area (Å²) in [6.45, 7) is 4.55. The van der Waals surface area contributed by atoms with Gasteiger partial charge in [-0.3, -0.25) is 0 Å². The summed E-state index contributed by atoms with van der Waals surface area (Å²) in [5, 5.41) is 0. The van der Waals surface area contributed by atoms with E-state index in [4.69, 9.17) is 9.47 Å². The lowest BCUT2D eigenvalue weighted by Crippen LogP contribution is -2.05. The average molecular weight is 131 g/mol. The predicted molar refractivity (Wildman–Crippen MR) is 37.3 cm³/mol. The van der Waals surface area contributed by atoms with Gasteiger partial charge in [-0.2, -0.15) is 0 Å². The topological polar surface area (TPSA) is 18.5 Å². The minimum absolute atomic E-state index is 0.125. The molecule has 0 aliphatic carbocycles. The maximum Gasteiger partial charge on any atom is 0.0573 e. The summed E-state index contributed by atoms with van der Waals surface area (Å²) in [7, 11) is 3.37. The molecule has 0 heterocycles. The average Bonchev–Trinajstić information content (AvgIpc) is 1.89. The highest BCUT2D eigenvalue weighted by atomic mass is 16.5. The summed E-state index contributed by atoms with van der Waals surface area (Å²) in [6.07, 6.45) is 2.13. The molecule has 2 nitrogen and oxygen atoms in total. The molecule has 0 aromatic carbocycles. The summed E-state index contributed by atoms with van der Waals surface area (Å²) in [4.78, 5) is 0. The molecule has 0 spiro atoms. The highest BCUT2D eigenvalue weighted by molar-refractivity contribution is 4.57. The van der Waals surface area contributed by atoms with Gasteiger partial charge < -0.3 is 9.47 Å². The van der Waals surface area contributed by atoms with Gasteiger partial charge in [0.25, 0.3) is 0 Å². The van der Waals surface area contributed by atoms with Crippen LogP contribution in [0.25, 0.3) is 0 Å². The highest BCUT2D eigenvalue weighted by Gasteiger charge is 1.96. The fraction of sp³-hybridized carbons (Fsp3) is 0.857. The number of methoxy groups -OCH3 is 2. The molecular weight excluding hydrogens is 116 g/mol. The lowest BCUT2D eigenvalue weighted by atomic mass is 10.2. The number of hydrogen-bond donors (Lipinski definition) is 0. The summed E-state index contributed by atoms with van der Waals surface area (Å²) in [5.74, 6) is 0. The molecule has 9 heavy (non-hydrogen) atoms. The van der Waals surface area contributed by atoms with Crippen LogP contribution in [0, 0.1) is 6.92 Å². The molecule has 1 atom stereocenters. The first-order valence-corrected chi connectivity index (χ1v) is 3.16. The maximum atomic E-state index is 4.93. The van der Waals surface area contributed by atoms with E-state index in [-0.39, 0.29) is 6.10 Å². The van der Waals surface area contributed by atoms with Crippen LogP contribution in [0.1, 0.15) is 12.8 Å². The van der Waals surface area contributed by atoms with Crippen LogP contribution in [0.15, 0.2) is 0 Å².